The van der Waals surface area contributed by atoms with Crippen molar-refractivity contribution in [2.45, 2.75) is 6.92 Å². The number of halogens is 2. The molecular formula is C12H16Br2O. The smallest absolute Gasteiger partial charge is 0.127 e. The maximum absolute atomic E-state index is 5.64. The van der Waals surface area contributed by atoms with E-state index in [-0.39, 0.29) is 0 Å². The van der Waals surface area contributed by atoms with Gasteiger partial charge in [0.25, 0.3) is 0 Å². The minimum atomic E-state index is 0.504. The highest BCUT2D eigenvalue weighted by molar-refractivity contribution is 9.09. The molecule has 0 saturated heterocycles. The van der Waals surface area contributed by atoms with Crippen molar-refractivity contribution in [3.63, 3.8) is 0 Å². The maximum atomic E-state index is 5.64. The number of allylic oxidation sites excluding steroid dienone is 4. The Kier molecular flexibility index (Phi) is 8.82. The zero-order valence-corrected chi connectivity index (χ0v) is 12.1. The third-order valence-corrected chi connectivity index (χ3v) is 3.02. The second kappa shape index (κ2) is 8.98. The lowest BCUT2D eigenvalue weighted by Crippen LogP contribution is -2.02. The van der Waals surface area contributed by atoms with Crippen molar-refractivity contribution < 1.29 is 4.74 Å². The standard InChI is InChI=1S/C12H16Br2O/c1-4-7-15-12(10(5-2)8-13)11(6-3)9-14/h4-6H,1-2,7-9H2,3H3/b11-6-,12-10-. The van der Waals surface area contributed by atoms with E-state index in [1.807, 2.05) is 13.0 Å². The van der Waals surface area contributed by atoms with Crippen molar-refractivity contribution in [2.75, 3.05) is 17.3 Å². The lowest BCUT2D eigenvalue weighted by atomic mass is 10.1. The Morgan fingerprint density at radius 2 is 1.93 bits per heavy atom. The summed E-state index contributed by atoms with van der Waals surface area (Å²) < 4.78 is 5.64. The quantitative estimate of drug-likeness (QED) is 0.290. The third-order valence-electron chi connectivity index (χ3n) is 1.81. The van der Waals surface area contributed by atoms with Gasteiger partial charge in [0, 0.05) is 21.8 Å². The van der Waals surface area contributed by atoms with Gasteiger partial charge in [-0.05, 0) is 6.92 Å². The Morgan fingerprint density at radius 3 is 2.27 bits per heavy atom. The SMILES string of the molecule is C=CCOC(=C(/C=C)CBr)/C(=C\C)CBr. The van der Waals surface area contributed by atoms with Gasteiger partial charge in [-0.3, -0.25) is 0 Å². The molecule has 0 bridgehead atoms. The van der Waals surface area contributed by atoms with Gasteiger partial charge in [-0.25, -0.2) is 0 Å². The van der Waals surface area contributed by atoms with Gasteiger partial charge in [-0.1, -0.05) is 63.2 Å². The summed E-state index contributed by atoms with van der Waals surface area (Å²) >= 11 is 6.86. The van der Waals surface area contributed by atoms with E-state index in [9.17, 15) is 0 Å². The number of hydrogen-bond acceptors (Lipinski definition) is 1. The highest BCUT2D eigenvalue weighted by Gasteiger charge is 2.08. The Morgan fingerprint density at radius 1 is 1.27 bits per heavy atom. The molecule has 0 atom stereocenters. The third kappa shape index (κ3) is 4.85. The molecule has 0 unspecified atom stereocenters. The van der Waals surface area contributed by atoms with Crippen LogP contribution in [0.4, 0.5) is 0 Å². The lowest BCUT2D eigenvalue weighted by Gasteiger charge is -2.13. The average molecular weight is 336 g/mol. The zero-order chi connectivity index (χ0) is 11.7. The molecule has 1 nitrogen and oxygen atoms in total. The Hall–Kier alpha value is -0.280. The van der Waals surface area contributed by atoms with Crippen molar-refractivity contribution in [2.24, 2.45) is 0 Å². The van der Waals surface area contributed by atoms with Crippen LogP contribution in [0.5, 0.6) is 0 Å². The fourth-order valence-corrected chi connectivity index (χ4v) is 2.07. The van der Waals surface area contributed by atoms with Crippen LogP contribution in [0, 0.1) is 0 Å². The topological polar surface area (TPSA) is 9.23 Å². The molecule has 0 N–H and O–H groups in total. The van der Waals surface area contributed by atoms with Crippen LogP contribution in [-0.2, 0) is 4.74 Å². The molecule has 0 heterocycles. The van der Waals surface area contributed by atoms with E-state index in [4.69, 9.17) is 4.74 Å². The van der Waals surface area contributed by atoms with E-state index in [0.717, 1.165) is 27.6 Å². The highest BCUT2D eigenvalue weighted by Crippen LogP contribution is 2.20. The Bertz CT molecular complexity index is 277. The first-order valence-corrected chi connectivity index (χ1v) is 6.86. The molecule has 3 heteroatoms. The largest absolute Gasteiger partial charge is 0.489 e. The van der Waals surface area contributed by atoms with Crippen LogP contribution < -0.4 is 0 Å². The number of rotatable bonds is 7. The molecule has 0 aromatic rings. The molecular weight excluding hydrogens is 320 g/mol. The molecule has 0 aliphatic carbocycles. The Balaban J connectivity index is 5.09. The highest BCUT2D eigenvalue weighted by atomic mass is 79.9. The molecule has 0 aromatic heterocycles. The molecule has 0 radical (unpaired) electrons. The van der Waals surface area contributed by atoms with E-state index >= 15 is 0 Å². The Labute approximate surface area is 109 Å². The van der Waals surface area contributed by atoms with Crippen LogP contribution in [0.1, 0.15) is 6.92 Å². The van der Waals surface area contributed by atoms with E-state index in [0.29, 0.717) is 6.61 Å². The molecule has 0 spiro atoms. The maximum Gasteiger partial charge on any atom is 0.127 e. The van der Waals surface area contributed by atoms with Crippen molar-refractivity contribution >= 4 is 31.9 Å². The molecule has 0 saturated carbocycles. The number of hydrogen-bond donors (Lipinski definition) is 0. The molecule has 15 heavy (non-hydrogen) atoms. The summed E-state index contributed by atoms with van der Waals surface area (Å²) in [5.74, 6) is 0.876. The minimum Gasteiger partial charge on any atom is -0.489 e. The van der Waals surface area contributed by atoms with Gasteiger partial charge in [0.05, 0.1) is 0 Å². The van der Waals surface area contributed by atoms with Crippen LogP contribution in [0.3, 0.4) is 0 Å². The van der Waals surface area contributed by atoms with Crippen LogP contribution in [0.15, 0.2) is 48.3 Å². The summed E-state index contributed by atoms with van der Waals surface area (Å²) in [6.45, 7) is 9.91. The fourth-order valence-electron chi connectivity index (χ4n) is 1.01. The van der Waals surface area contributed by atoms with Crippen LogP contribution >= 0.6 is 31.9 Å². The summed E-state index contributed by atoms with van der Waals surface area (Å²) in [5.41, 5.74) is 2.16. The molecule has 0 fully saturated rings. The fraction of sp³-hybridized carbons (Fsp3) is 0.333. The summed E-state index contributed by atoms with van der Waals surface area (Å²) in [6.07, 6.45) is 5.56. The van der Waals surface area contributed by atoms with Gasteiger partial charge < -0.3 is 4.74 Å². The predicted molar refractivity (Wildman–Crippen MR) is 74.7 cm³/mol. The van der Waals surface area contributed by atoms with E-state index in [1.54, 1.807) is 12.2 Å². The molecule has 0 amide bonds. The average Bonchev–Trinajstić information content (AvgIpc) is 2.28. The number of ether oxygens (including phenoxy) is 1. The van der Waals surface area contributed by atoms with Crippen molar-refractivity contribution in [3.05, 3.63) is 48.3 Å². The van der Waals surface area contributed by atoms with Crippen LogP contribution in [0.25, 0.3) is 0 Å². The first kappa shape index (κ1) is 14.7. The predicted octanol–water partition coefficient (Wildman–Crippen LogP) is 4.37. The van der Waals surface area contributed by atoms with E-state index < -0.39 is 0 Å². The summed E-state index contributed by atoms with van der Waals surface area (Å²) in [7, 11) is 0. The van der Waals surface area contributed by atoms with Gasteiger partial charge in [-0.15, -0.1) is 0 Å². The molecule has 84 valence electrons. The van der Waals surface area contributed by atoms with Gasteiger partial charge >= 0.3 is 0 Å². The summed E-state index contributed by atoms with van der Waals surface area (Å²) in [4.78, 5) is 0. The van der Waals surface area contributed by atoms with Crippen LogP contribution in [0.2, 0.25) is 0 Å². The zero-order valence-electron chi connectivity index (χ0n) is 8.93. The first-order chi connectivity index (χ1) is 7.24. The molecule has 0 aliphatic heterocycles. The van der Waals surface area contributed by atoms with E-state index in [2.05, 4.69) is 45.0 Å². The monoisotopic (exact) mass is 334 g/mol. The van der Waals surface area contributed by atoms with Gasteiger partial charge in [-0.2, -0.15) is 0 Å². The van der Waals surface area contributed by atoms with Crippen molar-refractivity contribution in [1.82, 2.24) is 0 Å². The lowest BCUT2D eigenvalue weighted by molar-refractivity contribution is 0.254. The van der Waals surface area contributed by atoms with Crippen LogP contribution in [-0.4, -0.2) is 17.3 Å². The summed E-state index contributed by atoms with van der Waals surface area (Å²) in [6, 6.07) is 0. The van der Waals surface area contributed by atoms with Gasteiger partial charge in [0.2, 0.25) is 0 Å². The second-order valence-electron chi connectivity index (χ2n) is 2.74. The second-order valence-corrected chi connectivity index (χ2v) is 3.86. The summed E-state index contributed by atoms with van der Waals surface area (Å²) in [5, 5.41) is 1.49. The minimum absolute atomic E-state index is 0.504. The molecule has 0 aliphatic rings. The first-order valence-electron chi connectivity index (χ1n) is 4.61. The van der Waals surface area contributed by atoms with Gasteiger partial charge in [0.15, 0.2) is 0 Å². The molecule has 0 rings (SSSR count). The van der Waals surface area contributed by atoms with Crippen molar-refractivity contribution in [3.8, 4) is 0 Å². The number of alkyl halides is 2. The van der Waals surface area contributed by atoms with E-state index in [1.165, 1.54) is 0 Å². The van der Waals surface area contributed by atoms with Crippen molar-refractivity contribution in [1.29, 1.82) is 0 Å². The normalized spacial score (nSPS) is 13.1. The molecule has 0 aromatic carbocycles. The van der Waals surface area contributed by atoms with Gasteiger partial charge in [0.1, 0.15) is 12.4 Å².